The van der Waals surface area contributed by atoms with Gasteiger partial charge in [-0.25, -0.2) is 13.2 Å². The van der Waals surface area contributed by atoms with E-state index in [0.717, 1.165) is 12.1 Å². The second-order valence-corrected chi connectivity index (χ2v) is 7.32. The molecule has 0 spiro atoms. The van der Waals surface area contributed by atoms with Crippen molar-refractivity contribution in [3.63, 3.8) is 0 Å². The van der Waals surface area contributed by atoms with Crippen LogP contribution in [0.3, 0.4) is 0 Å². The largest absolute Gasteiger partial charge is 0.478 e. The molecule has 0 fully saturated rings. The van der Waals surface area contributed by atoms with E-state index in [-0.39, 0.29) is 29.7 Å². The summed E-state index contributed by atoms with van der Waals surface area (Å²) in [5.74, 6) is -1.70. The topological polar surface area (TPSA) is 71.4 Å². The maximum Gasteiger partial charge on any atom is 0.349 e. The zero-order valence-corrected chi connectivity index (χ0v) is 13.8. The van der Waals surface area contributed by atoms with E-state index in [1.807, 2.05) is 0 Å². The Kier molecular flexibility index (Phi) is 5.92. The maximum atomic E-state index is 13.6. The summed E-state index contributed by atoms with van der Waals surface area (Å²) >= 11 is 5.02. The molecule has 0 aliphatic carbocycles. The Labute approximate surface area is 133 Å². The van der Waals surface area contributed by atoms with Crippen LogP contribution in [-0.4, -0.2) is 25.2 Å². The fourth-order valence-electron chi connectivity index (χ4n) is 2.19. The van der Waals surface area contributed by atoms with Gasteiger partial charge in [0.05, 0.1) is 21.8 Å². The number of alkyl halides is 3. The second-order valence-electron chi connectivity index (χ2n) is 4.80. The van der Waals surface area contributed by atoms with Crippen LogP contribution in [0.4, 0.5) is 8.78 Å². The number of carboxylic acids is 1. The van der Waals surface area contributed by atoms with Crippen molar-refractivity contribution < 1.29 is 27.1 Å². The van der Waals surface area contributed by atoms with E-state index < -0.39 is 31.6 Å². The summed E-state index contributed by atoms with van der Waals surface area (Å²) in [6.45, 7) is 3.28. The SMILES string of the molecule is CCCCS(=O)(=O)c1c(C(F)(F)Cl)ccc(C(=O)O)c1CC. The second kappa shape index (κ2) is 6.91. The average Bonchev–Trinajstić information content (AvgIpc) is 2.42. The fourth-order valence-corrected chi connectivity index (χ4v) is 4.44. The summed E-state index contributed by atoms with van der Waals surface area (Å²) in [6, 6.07) is 1.74. The van der Waals surface area contributed by atoms with Gasteiger partial charge >= 0.3 is 11.4 Å². The lowest BCUT2D eigenvalue weighted by Gasteiger charge is -2.19. The molecule has 0 aliphatic heterocycles. The van der Waals surface area contributed by atoms with Crippen molar-refractivity contribution in [2.75, 3.05) is 5.75 Å². The molecular formula is C14H17ClF2O4S. The Bertz CT molecular complexity index is 666. The highest BCUT2D eigenvalue weighted by molar-refractivity contribution is 7.91. The number of benzene rings is 1. The summed E-state index contributed by atoms with van der Waals surface area (Å²) in [5, 5.41) is 5.25. The van der Waals surface area contributed by atoms with E-state index in [9.17, 15) is 22.0 Å². The van der Waals surface area contributed by atoms with Crippen LogP contribution in [-0.2, 0) is 21.6 Å². The average molecular weight is 355 g/mol. The summed E-state index contributed by atoms with van der Waals surface area (Å²) in [6.07, 6.45) is 0.838. The van der Waals surface area contributed by atoms with Gasteiger partial charge in [-0.15, -0.1) is 0 Å². The smallest absolute Gasteiger partial charge is 0.349 e. The molecule has 8 heteroatoms. The molecule has 0 aliphatic rings. The molecule has 124 valence electrons. The van der Waals surface area contributed by atoms with Crippen molar-refractivity contribution >= 4 is 27.4 Å². The molecule has 0 radical (unpaired) electrons. The minimum Gasteiger partial charge on any atom is -0.478 e. The number of carbonyl (C=O) groups is 1. The number of sulfone groups is 1. The van der Waals surface area contributed by atoms with Crippen molar-refractivity contribution in [3.05, 3.63) is 28.8 Å². The van der Waals surface area contributed by atoms with Crippen LogP contribution in [0.15, 0.2) is 17.0 Å². The highest BCUT2D eigenvalue weighted by atomic mass is 35.5. The summed E-state index contributed by atoms with van der Waals surface area (Å²) in [5.41, 5.74) is -1.31. The molecule has 0 aromatic heterocycles. The molecule has 4 nitrogen and oxygen atoms in total. The Morgan fingerprint density at radius 3 is 2.32 bits per heavy atom. The molecule has 1 aromatic carbocycles. The number of unbranched alkanes of at least 4 members (excludes halogenated alkanes) is 1. The molecule has 0 unspecified atom stereocenters. The zero-order valence-electron chi connectivity index (χ0n) is 12.2. The predicted octanol–water partition coefficient (Wildman–Crippen LogP) is 3.81. The quantitative estimate of drug-likeness (QED) is 0.756. The van der Waals surface area contributed by atoms with Gasteiger partial charge in [-0.05, 0) is 42.1 Å². The van der Waals surface area contributed by atoms with Crippen molar-refractivity contribution in [2.45, 2.75) is 43.4 Å². The van der Waals surface area contributed by atoms with Crippen molar-refractivity contribution in [1.29, 1.82) is 0 Å². The minimum atomic E-state index is -4.06. The number of aromatic carboxylic acids is 1. The molecule has 0 atom stereocenters. The third kappa shape index (κ3) is 3.95. The molecule has 0 saturated carbocycles. The van der Waals surface area contributed by atoms with Gasteiger partial charge in [0.15, 0.2) is 9.84 Å². The van der Waals surface area contributed by atoms with Gasteiger partial charge in [0, 0.05) is 0 Å². The van der Waals surface area contributed by atoms with Crippen LogP contribution in [0.1, 0.15) is 48.2 Å². The Morgan fingerprint density at radius 2 is 1.91 bits per heavy atom. The molecule has 0 saturated heterocycles. The van der Waals surface area contributed by atoms with Gasteiger partial charge in [-0.3, -0.25) is 0 Å². The normalized spacial score (nSPS) is 12.4. The van der Waals surface area contributed by atoms with E-state index in [1.54, 1.807) is 6.92 Å². The molecule has 0 amide bonds. The molecule has 0 heterocycles. The van der Waals surface area contributed by atoms with Crippen LogP contribution >= 0.6 is 11.6 Å². The van der Waals surface area contributed by atoms with Gasteiger partial charge in [-0.1, -0.05) is 20.3 Å². The van der Waals surface area contributed by atoms with Crippen molar-refractivity contribution in [2.24, 2.45) is 0 Å². The maximum absolute atomic E-state index is 13.6. The predicted molar refractivity (Wildman–Crippen MR) is 79.5 cm³/mol. The minimum absolute atomic E-state index is 0.0108. The molecule has 1 aromatic rings. The van der Waals surface area contributed by atoms with E-state index in [0.29, 0.717) is 6.42 Å². The summed E-state index contributed by atoms with van der Waals surface area (Å²) in [4.78, 5) is 10.6. The van der Waals surface area contributed by atoms with Crippen molar-refractivity contribution in [1.82, 2.24) is 0 Å². The van der Waals surface area contributed by atoms with Gasteiger partial charge in [-0.2, -0.15) is 8.78 Å². The lowest BCUT2D eigenvalue weighted by atomic mass is 10.0. The third-order valence-corrected chi connectivity index (χ3v) is 5.35. The van der Waals surface area contributed by atoms with Crippen molar-refractivity contribution in [3.8, 4) is 0 Å². The Hall–Kier alpha value is -1.21. The Morgan fingerprint density at radius 1 is 1.32 bits per heavy atom. The van der Waals surface area contributed by atoms with E-state index in [4.69, 9.17) is 16.7 Å². The van der Waals surface area contributed by atoms with Gasteiger partial charge in [0.2, 0.25) is 0 Å². The summed E-state index contributed by atoms with van der Waals surface area (Å²) < 4.78 is 52.0. The molecule has 0 bridgehead atoms. The molecular weight excluding hydrogens is 338 g/mol. The number of rotatable bonds is 7. The lowest BCUT2D eigenvalue weighted by molar-refractivity contribution is 0.0692. The van der Waals surface area contributed by atoms with Gasteiger partial charge in [0.25, 0.3) is 0 Å². The number of hydrogen-bond acceptors (Lipinski definition) is 3. The van der Waals surface area contributed by atoms with Gasteiger partial charge < -0.3 is 5.11 Å². The first-order chi connectivity index (χ1) is 10.1. The van der Waals surface area contributed by atoms with E-state index in [1.165, 1.54) is 6.92 Å². The van der Waals surface area contributed by atoms with E-state index >= 15 is 0 Å². The standard InChI is InChI=1S/C14H17ClF2O4S/c1-3-5-8-22(20,21)12-9(4-2)10(13(18)19)6-7-11(12)14(15,16)17/h6-7H,3-5,8H2,1-2H3,(H,18,19). The van der Waals surface area contributed by atoms with Gasteiger partial charge in [0.1, 0.15) is 0 Å². The zero-order chi connectivity index (χ0) is 17.1. The number of hydrogen-bond donors (Lipinski definition) is 1. The number of carboxylic acid groups (broad SMARTS) is 1. The van der Waals surface area contributed by atoms with Crippen LogP contribution in [0.2, 0.25) is 0 Å². The molecule has 1 N–H and O–H groups in total. The third-order valence-electron chi connectivity index (χ3n) is 3.23. The first-order valence-corrected chi connectivity index (χ1v) is 8.78. The molecule has 22 heavy (non-hydrogen) atoms. The lowest BCUT2D eigenvalue weighted by Crippen LogP contribution is -2.19. The van der Waals surface area contributed by atoms with Crippen LogP contribution in [0.25, 0.3) is 0 Å². The summed E-state index contributed by atoms with van der Waals surface area (Å²) in [7, 11) is -4.06. The van der Waals surface area contributed by atoms with Crippen LogP contribution < -0.4 is 0 Å². The van der Waals surface area contributed by atoms with E-state index in [2.05, 4.69) is 0 Å². The first-order valence-electron chi connectivity index (χ1n) is 6.75. The number of halogens is 3. The highest BCUT2D eigenvalue weighted by Crippen LogP contribution is 2.39. The van der Waals surface area contributed by atoms with Crippen LogP contribution in [0.5, 0.6) is 0 Å². The van der Waals surface area contributed by atoms with Crippen LogP contribution in [0, 0.1) is 0 Å². The first kappa shape index (κ1) is 18.8. The highest BCUT2D eigenvalue weighted by Gasteiger charge is 2.37. The fraction of sp³-hybridized carbons (Fsp3) is 0.500. The Balaban J connectivity index is 3.75. The molecule has 1 rings (SSSR count). The monoisotopic (exact) mass is 354 g/mol.